The number of nitrogens with one attached hydrogen (secondary N) is 2. The third kappa shape index (κ3) is 4.52. The van der Waals surface area contributed by atoms with Gasteiger partial charge in [0.1, 0.15) is 34.0 Å². The van der Waals surface area contributed by atoms with Crippen LogP contribution in [0.5, 0.6) is 17.2 Å². The number of allylic oxidation sites excluding steroid dienone is 4. The molecule has 2 heterocycles. The van der Waals surface area contributed by atoms with Crippen molar-refractivity contribution in [1.82, 2.24) is 19.8 Å². The second-order valence-electron chi connectivity index (χ2n) is 10.2. The minimum Gasteiger partial charge on any atom is -0.507 e. The maximum absolute atomic E-state index is 13.8. The number of fused-ring (bicyclic) bond motifs is 3. The predicted molar refractivity (Wildman–Crippen MR) is 145 cm³/mol. The van der Waals surface area contributed by atoms with Crippen LogP contribution >= 0.6 is 0 Å². The lowest BCUT2D eigenvalue weighted by Crippen LogP contribution is -2.41. The van der Waals surface area contributed by atoms with Gasteiger partial charge < -0.3 is 25.6 Å². The van der Waals surface area contributed by atoms with Gasteiger partial charge in [-0.05, 0) is 27.7 Å². The number of hydrogen-bond donors (Lipinski definition) is 4. The van der Waals surface area contributed by atoms with E-state index in [2.05, 4.69) is 10.6 Å². The molecule has 41 heavy (non-hydrogen) atoms. The van der Waals surface area contributed by atoms with Crippen molar-refractivity contribution in [2.24, 2.45) is 14.1 Å². The SMILES string of the molecule is CC(=O)c1c(O)c(C)c(O)c2c1OC1=CC(=O)/C(=C(/C)NCCC(=O)NCc3cc(=O)n(C)c(=O)n3C)C(=O)[C@@]12C. The number of aromatic hydroxyl groups is 2. The molecule has 4 N–H and O–H groups in total. The zero-order chi connectivity index (χ0) is 30.5. The smallest absolute Gasteiger partial charge is 0.330 e. The van der Waals surface area contributed by atoms with Gasteiger partial charge in [0, 0.05) is 56.2 Å². The summed E-state index contributed by atoms with van der Waals surface area (Å²) in [5.41, 5.74) is -2.59. The summed E-state index contributed by atoms with van der Waals surface area (Å²) < 4.78 is 7.94. The molecule has 1 aromatic heterocycles. The monoisotopic (exact) mass is 566 g/mol. The molecular weight excluding hydrogens is 536 g/mol. The second-order valence-corrected chi connectivity index (χ2v) is 10.2. The van der Waals surface area contributed by atoms with Crippen LogP contribution in [0.2, 0.25) is 0 Å². The lowest BCUT2D eigenvalue weighted by atomic mass is 9.70. The Kier molecular flexibility index (Phi) is 7.25. The van der Waals surface area contributed by atoms with Crippen molar-refractivity contribution in [1.29, 1.82) is 0 Å². The Morgan fingerprint density at radius 1 is 1.02 bits per heavy atom. The maximum Gasteiger partial charge on any atom is 0.330 e. The van der Waals surface area contributed by atoms with Gasteiger partial charge in [0.25, 0.3) is 5.56 Å². The standard InChI is InChI=1S/C28H30N4O9/c1-12-23(37)21(14(3)33)25-22(24(12)38)28(4)17(41-25)10-16(34)20(26(28)39)13(2)29-8-7-18(35)30-11-15-9-19(36)32(6)27(40)31(15)5/h9-10,29,37-38H,7-8,11H2,1-6H3,(H,30,35)/b20-13+/t28-/m0/s1. The molecule has 1 aliphatic carbocycles. The molecule has 216 valence electrons. The van der Waals surface area contributed by atoms with Gasteiger partial charge in [0.15, 0.2) is 17.3 Å². The number of phenolic OH excluding ortho intramolecular Hbond substituents is 2. The van der Waals surface area contributed by atoms with Crippen molar-refractivity contribution >= 4 is 23.3 Å². The maximum atomic E-state index is 13.8. The molecule has 2 aliphatic rings. The summed E-state index contributed by atoms with van der Waals surface area (Å²) in [4.78, 5) is 75.4. The predicted octanol–water partition coefficient (Wildman–Crippen LogP) is 0.262. The van der Waals surface area contributed by atoms with Gasteiger partial charge in [-0.25, -0.2) is 4.79 Å². The molecule has 0 spiro atoms. The first kappa shape index (κ1) is 29.1. The van der Waals surface area contributed by atoms with E-state index in [1.165, 1.54) is 52.4 Å². The molecule has 0 radical (unpaired) electrons. The Labute approximate surface area is 233 Å². The molecule has 13 nitrogen and oxygen atoms in total. The van der Waals surface area contributed by atoms with Gasteiger partial charge in [-0.15, -0.1) is 0 Å². The first-order valence-corrected chi connectivity index (χ1v) is 12.7. The van der Waals surface area contributed by atoms with Crippen molar-refractivity contribution < 1.29 is 34.1 Å². The van der Waals surface area contributed by atoms with Crippen molar-refractivity contribution in [2.45, 2.75) is 46.1 Å². The average molecular weight is 567 g/mol. The zero-order valence-electron chi connectivity index (χ0n) is 23.4. The molecular formula is C28H30N4O9. The summed E-state index contributed by atoms with van der Waals surface area (Å²) in [5, 5.41) is 26.9. The minimum absolute atomic E-state index is 0.00736. The van der Waals surface area contributed by atoms with E-state index in [-0.39, 0.29) is 59.0 Å². The van der Waals surface area contributed by atoms with Crippen LogP contribution in [0.25, 0.3) is 0 Å². The molecule has 1 aromatic carbocycles. The number of hydrogen-bond acceptors (Lipinski definition) is 10. The van der Waals surface area contributed by atoms with Crippen molar-refractivity contribution in [3.05, 3.63) is 72.4 Å². The molecule has 4 rings (SSSR count). The number of aromatic nitrogens is 2. The molecule has 1 atom stereocenters. The van der Waals surface area contributed by atoms with E-state index in [4.69, 9.17) is 4.74 Å². The molecule has 1 aliphatic heterocycles. The van der Waals surface area contributed by atoms with Crippen molar-refractivity contribution in [3.8, 4) is 17.2 Å². The Bertz CT molecular complexity index is 1740. The molecule has 0 fully saturated rings. The van der Waals surface area contributed by atoms with E-state index < -0.39 is 51.4 Å². The fourth-order valence-electron chi connectivity index (χ4n) is 5.04. The van der Waals surface area contributed by atoms with E-state index in [1.54, 1.807) is 0 Å². The highest BCUT2D eigenvalue weighted by Gasteiger charge is 2.56. The van der Waals surface area contributed by atoms with Crippen molar-refractivity contribution in [3.63, 3.8) is 0 Å². The summed E-state index contributed by atoms with van der Waals surface area (Å²) in [6.45, 7) is 5.56. The first-order valence-electron chi connectivity index (χ1n) is 12.7. The van der Waals surface area contributed by atoms with Crippen LogP contribution < -0.4 is 26.6 Å². The van der Waals surface area contributed by atoms with E-state index in [0.29, 0.717) is 5.69 Å². The van der Waals surface area contributed by atoms with E-state index >= 15 is 0 Å². The van der Waals surface area contributed by atoms with Crippen LogP contribution in [0, 0.1) is 6.92 Å². The van der Waals surface area contributed by atoms with Gasteiger partial charge in [-0.3, -0.25) is 33.1 Å². The minimum atomic E-state index is -1.64. The van der Waals surface area contributed by atoms with Crippen LogP contribution in [-0.4, -0.2) is 49.1 Å². The third-order valence-corrected chi connectivity index (χ3v) is 7.59. The highest BCUT2D eigenvalue weighted by Crippen LogP contribution is 2.57. The summed E-state index contributed by atoms with van der Waals surface area (Å²) >= 11 is 0. The molecule has 0 unspecified atom stereocenters. The molecule has 0 saturated carbocycles. The number of amides is 1. The molecule has 1 amide bonds. The molecule has 2 aromatic rings. The number of benzene rings is 1. The molecule has 0 bridgehead atoms. The normalized spacial score (nSPS) is 18.7. The Morgan fingerprint density at radius 2 is 1.68 bits per heavy atom. The summed E-state index contributed by atoms with van der Waals surface area (Å²) in [6.07, 6.45) is 1.05. The van der Waals surface area contributed by atoms with Crippen LogP contribution in [0.4, 0.5) is 0 Å². The van der Waals surface area contributed by atoms with Crippen LogP contribution in [0.3, 0.4) is 0 Å². The Morgan fingerprint density at radius 3 is 2.32 bits per heavy atom. The summed E-state index contributed by atoms with van der Waals surface area (Å²) in [7, 11) is 2.84. The number of Topliss-reactive ketones (excluding diaryl/α,β-unsaturated/α-hetero) is 2. The number of rotatable bonds is 7. The lowest BCUT2D eigenvalue weighted by molar-refractivity contribution is -0.124. The molecule has 13 heteroatoms. The van der Waals surface area contributed by atoms with Crippen LogP contribution in [-0.2, 0) is 40.4 Å². The Balaban J connectivity index is 1.54. The van der Waals surface area contributed by atoms with Crippen LogP contribution in [0.1, 0.15) is 54.4 Å². The number of ketones is 3. The quantitative estimate of drug-likeness (QED) is 0.206. The summed E-state index contributed by atoms with van der Waals surface area (Å²) in [6, 6.07) is 1.25. The fraction of sp³-hybridized carbons (Fsp3) is 0.357. The van der Waals surface area contributed by atoms with Gasteiger partial charge in [0.2, 0.25) is 5.91 Å². The van der Waals surface area contributed by atoms with Crippen LogP contribution in [0.15, 0.2) is 38.8 Å². The zero-order valence-corrected chi connectivity index (χ0v) is 23.4. The second kappa shape index (κ2) is 10.2. The van der Waals surface area contributed by atoms with E-state index in [9.17, 15) is 39.0 Å². The third-order valence-electron chi connectivity index (χ3n) is 7.59. The average Bonchev–Trinajstić information content (AvgIpc) is 3.20. The highest BCUT2D eigenvalue weighted by atomic mass is 16.5. The van der Waals surface area contributed by atoms with Crippen molar-refractivity contribution in [2.75, 3.05) is 6.54 Å². The number of carbonyl (C=O) groups is 4. The fourth-order valence-corrected chi connectivity index (χ4v) is 5.04. The lowest BCUT2D eigenvalue weighted by Gasteiger charge is -2.29. The number of ether oxygens (including phenoxy) is 1. The summed E-state index contributed by atoms with van der Waals surface area (Å²) in [5.74, 6) is -3.46. The van der Waals surface area contributed by atoms with Gasteiger partial charge in [0.05, 0.1) is 17.7 Å². The van der Waals surface area contributed by atoms with Gasteiger partial charge in [-0.1, -0.05) is 0 Å². The molecule has 0 saturated heterocycles. The highest BCUT2D eigenvalue weighted by molar-refractivity contribution is 6.31. The van der Waals surface area contributed by atoms with E-state index in [0.717, 1.165) is 10.6 Å². The number of carbonyl (C=O) groups excluding carboxylic acids is 4. The first-order chi connectivity index (χ1) is 19.1. The number of phenols is 2. The largest absolute Gasteiger partial charge is 0.507 e. The Hall–Kier alpha value is -4.94. The topological polar surface area (TPSA) is 186 Å². The van der Waals surface area contributed by atoms with Gasteiger partial charge in [-0.2, -0.15) is 0 Å². The van der Waals surface area contributed by atoms with Gasteiger partial charge >= 0.3 is 5.69 Å². The number of nitrogens with zero attached hydrogens (tertiary/aromatic N) is 2. The van der Waals surface area contributed by atoms with E-state index in [1.807, 2.05) is 0 Å².